The van der Waals surface area contributed by atoms with E-state index < -0.39 is 111 Å². The molecular formula is C76H146O15. The molecule has 0 aromatic carbocycles. The predicted molar refractivity (Wildman–Crippen MR) is 367 cm³/mol. The normalized spacial score (nSPS) is 23.3. The van der Waals surface area contributed by atoms with Gasteiger partial charge in [0.25, 0.3) is 0 Å². The molecule has 91 heavy (non-hydrogen) atoms. The van der Waals surface area contributed by atoms with E-state index >= 15 is 0 Å². The van der Waals surface area contributed by atoms with E-state index in [4.69, 9.17) is 23.7 Å². The Morgan fingerprint density at radius 1 is 0.286 bits per heavy atom. The molecule has 2 saturated heterocycles. The molecule has 0 radical (unpaired) electrons. The van der Waals surface area contributed by atoms with Gasteiger partial charge < -0.3 is 64.5 Å². The third-order valence-corrected chi connectivity index (χ3v) is 19.9. The first-order valence-electron chi connectivity index (χ1n) is 39.1. The molecule has 2 aliphatic rings. The zero-order valence-corrected chi connectivity index (χ0v) is 59.1. The molecule has 8 N–H and O–H groups in total. The SMILES string of the molecule is CCCCCCCCCCCCCCC[C@@H](O)[C@@H](CCCCCCCCCCCCCC)C(=O)OC[C@H]1O[C@H](O[C@H]2O[C@H](COC(=O)[C@H](CCCCCCCCCCCCCC)[C@H](O)CCCCCCCCCCCCCCC)[C@@H](O)[C@H](O)[C@H]2O)[C@H](O)[C@@H](O)[C@@H]1O. The first-order valence-corrected chi connectivity index (χ1v) is 39.1. The Hall–Kier alpha value is -1.50. The minimum atomic E-state index is -1.89. The van der Waals surface area contributed by atoms with Crippen LogP contribution in [0, 0.1) is 11.8 Å². The number of unbranched alkanes of at least 4 members (excludes halogenated alkanes) is 46. The van der Waals surface area contributed by atoms with Crippen molar-refractivity contribution in [2.75, 3.05) is 13.2 Å². The maximum atomic E-state index is 14.0. The van der Waals surface area contributed by atoms with Gasteiger partial charge in [0.15, 0.2) is 12.6 Å². The van der Waals surface area contributed by atoms with Gasteiger partial charge in [-0.15, -0.1) is 0 Å². The van der Waals surface area contributed by atoms with Gasteiger partial charge in [-0.25, -0.2) is 0 Å². The van der Waals surface area contributed by atoms with E-state index in [1.54, 1.807) is 0 Å². The number of hydrogen-bond acceptors (Lipinski definition) is 15. The third kappa shape index (κ3) is 41.4. The molecule has 540 valence electrons. The summed E-state index contributed by atoms with van der Waals surface area (Å²) in [7, 11) is 0. The van der Waals surface area contributed by atoms with Crippen molar-refractivity contribution in [2.24, 2.45) is 11.8 Å². The van der Waals surface area contributed by atoms with Crippen molar-refractivity contribution in [1.29, 1.82) is 0 Å². The van der Waals surface area contributed by atoms with Crippen molar-refractivity contribution in [1.82, 2.24) is 0 Å². The third-order valence-electron chi connectivity index (χ3n) is 19.9. The van der Waals surface area contributed by atoms with Crippen LogP contribution in [0.2, 0.25) is 0 Å². The minimum Gasteiger partial charge on any atom is -0.463 e. The number of esters is 2. The zero-order chi connectivity index (χ0) is 66.4. The second-order valence-electron chi connectivity index (χ2n) is 28.2. The maximum Gasteiger partial charge on any atom is 0.311 e. The molecule has 0 bridgehead atoms. The smallest absolute Gasteiger partial charge is 0.311 e. The summed E-state index contributed by atoms with van der Waals surface area (Å²) in [4.78, 5) is 27.9. The summed E-state index contributed by atoms with van der Waals surface area (Å²) in [6.45, 7) is 7.86. The standard InChI is InChI=1S/C76H146O15/c1-5-9-13-17-21-25-29-33-37-41-45-49-53-57-63(77)61(55-51-47-43-39-35-31-27-23-19-15-11-7-3)73(85)87-59-65-67(79)69(81)71(83)75(89-65)91-76-72(84)70(82)68(80)66(90-76)60-88-74(86)62(56-52-48-44-40-36-32-28-24-20-16-12-8-4)64(78)58-54-50-46-42-38-34-30-26-22-18-14-10-6-2/h61-72,75-84H,5-60H2,1-4H3/t61-,62-,63-,64-,65-,66-,67-,68-,69+,70+,71-,72-,75-,76-/m1/s1. The summed E-state index contributed by atoms with van der Waals surface area (Å²) in [5.74, 6) is -2.93. The summed E-state index contributed by atoms with van der Waals surface area (Å²) in [5.41, 5.74) is 0. The number of carbonyl (C=O) groups excluding carboxylic acids is 2. The van der Waals surface area contributed by atoms with Gasteiger partial charge in [-0.3, -0.25) is 9.59 Å². The maximum absolute atomic E-state index is 14.0. The number of rotatable bonds is 64. The molecular weight excluding hydrogens is 1150 g/mol. The molecule has 0 saturated carbocycles. The van der Waals surface area contributed by atoms with Gasteiger partial charge >= 0.3 is 11.9 Å². The Morgan fingerprint density at radius 2 is 0.484 bits per heavy atom. The summed E-state index contributed by atoms with van der Waals surface area (Å²) in [6.07, 6.45) is 41.7. The number of aliphatic hydroxyl groups is 8. The number of carbonyl (C=O) groups is 2. The van der Waals surface area contributed by atoms with E-state index in [-0.39, 0.29) is 0 Å². The topological polar surface area (TPSA) is 242 Å². The van der Waals surface area contributed by atoms with Crippen LogP contribution in [0.25, 0.3) is 0 Å². The van der Waals surface area contributed by atoms with E-state index in [1.807, 2.05) is 0 Å². The van der Waals surface area contributed by atoms with Crippen LogP contribution in [0.4, 0.5) is 0 Å². The van der Waals surface area contributed by atoms with Gasteiger partial charge in [0.2, 0.25) is 0 Å². The highest BCUT2D eigenvalue weighted by molar-refractivity contribution is 5.73. The fourth-order valence-corrected chi connectivity index (χ4v) is 13.5. The van der Waals surface area contributed by atoms with Gasteiger partial charge in [0, 0.05) is 0 Å². The van der Waals surface area contributed by atoms with Crippen molar-refractivity contribution in [3.05, 3.63) is 0 Å². The number of ether oxygens (including phenoxy) is 5. The molecule has 0 amide bonds. The van der Waals surface area contributed by atoms with Crippen molar-refractivity contribution < 1.29 is 74.1 Å². The molecule has 0 unspecified atom stereocenters. The lowest BCUT2D eigenvalue weighted by Gasteiger charge is -2.44. The van der Waals surface area contributed by atoms with Gasteiger partial charge in [0.05, 0.1) is 24.0 Å². The van der Waals surface area contributed by atoms with E-state index in [1.165, 1.54) is 218 Å². The largest absolute Gasteiger partial charge is 0.463 e. The lowest BCUT2D eigenvalue weighted by Crippen LogP contribution is -2.64. The Morgan fingerprint density at radius 3 is 0.703 bits per heavy atom. The second-order valence-corrected chi connectivity index (χ2v) is 28.2. The Labute approximate surface area is 556 Å². The molecule has 2 heterocycles. The van der Waals surface area contributed by atoms with Crippen molar-refractivity contribution >= 4 is 11.9 Å². The molecule has 0 aromatic heterocycles. The Balaban J connectivity index is 2.03. The van der Waals surface area contributed by atoms with Gasteiger partial charge in [0.1, 0.15) is 62.0 Å². The van der Waals surface area contributed by atoms with Crippen LogP contribution in [-0.4, -0.2) is 140 Å². The highest BCUT2D eigenvalue weighted by Gasteiger charge is 2.50. The quantitative estimate of drug-likeness (QED) is 0.0209. The van der Waals surface area contributed by atoms with Crippen LogP contribution in [0.3, 0.4) is 0 Å². The first-order chi connectivity index (χ1) is 44.3. The molecule has 15 heteroatoms. The summed E-state index contributed by atoms with van der Waals surface area (Å²) < 4.78 is 29.3. The Kier molecular flexibility index (Phi) is 55.1. The first kappa shape index (κ1) is 85.6. The van der Waals surface area contributed by atoms with Crippen molar-refractivity contribution in [3.63, 3.8) is 0 Å². The average molecular weight is 1300 g/mol. The van der Waals surface area contributed by atoms with E-state index in [0.717, 1.165) is 103 Å². The van der Waals surface area contributed by atoms with Gasteiger partial charge in [-0.2, -0.15) is 0 Å². The van der Waals surface area contributed by atoms with Crippen LogP contribution in [-0.2, 0) is 33.3 Å². The van der Waals surface area contributed by atoms with Crippen LogP contribution < -0.4 is 0 Å². The van der Waals surface area contributed by atoms with Crippen LogP contribution in [0.15, 0.2) is 0 Å². The number of aliphatic hydroxyl groups excluding tert-OH is 8. The molecule has 0 aliphatic carbocycles. The van der Waals surface area contributed by atoms with Crippen LogP contribution in [0.1, 0.15) is 374 Å². The van der Waals surface area contributed by atoms with Gasteiger partial charge in [-0.1, -0.05) is 349 Å². The summed E-state index contributed by atoms with van der Waals surface area (Å²) >= 11 is 0. The van der Waals surface area contributed by atoms with Crippen molar-refractivity contribution in [2.45, 2.75) is 448 Å². The van der Waals surface area contributed by atoms with Crippen LogP contribution >= 0.6 is 0 Å². The molecule has 0 aromatic rings. The lowest BCUT2D eigenvalue weighted by atomic mass is 9.91. The fourth-order valence-electron chi connectivity index (χ4n) is 13.5. The number of hydrogen-bond donors (Lipinski definition) is 8. The summed E-state index contributed by atoms with van der Waals surface area (Å²) in [5, 5.41) is 89.7. The van der Waals surface area contributed by atoms with Crippen molar-refractivity contribution in [3.8, 4) is 0 Å². The van der Waals surface area contributed by atoms with E-state index in [9.17, 15) is 50.4 Å². The summed E-state index contributed by atoms with van der Waals surface area (Å²) in [6, 6.07) is 0. The second kappa shape index (κ2) is 58.6. The molecule has 2 rings (SSSR count). The highest BCUT2D eigenvalue weighted by atomic mass is 16.8. The molecule has 2 fully saturated rings. The fraction of sp³-hybridized carbons (Fsp3) is 0.974. The van der Waals surface area contributed by atoms with E-state index in [2.05, 4.69) is 27.7 Å². The molecule has 0 spiro atoms. The van der Waals surface area contributed by atoms with Crippen LogP contribution in [0.5, 0.6) is 0 Å². The molecule has 14 atom stereocenters. The minimum absolute atomic E-state index is 0.429. The van der Waals surface area contributed by atoms with Gasteiger partial charge in [-0.05, 0) is 25.7 Å². The lowest BCUT2D eigenvalue weighted by molar-refractivity contribution is -0.376. The monoisotopic (exact) mass is 1300 g/mol. The molecule has 15 nitrogen and oxygen atoms in total. The zero-order valence-electron chi connectivity index (χ0n) is 59.1. The Bertz CT molecular complexity index is 1510. The predicted octanol–water partition coefficient (Wildman–Crippen LogP) is 16.8. The average Bonchev–Trinajstić information content (AvgIpc) is 1.06. The van der Waals surface area contributed by atoms with E-state index in [0.29, 0.717) is 25.7 Å². The highest BCUT2D eigenvalue weighted by Crippen LogP contribution is 2.31. The molecule has 2 aliphatic heterocycles.